The first-order valence-corrected chi connectivity index (χ1v) is 11.8. The summed E-state index contributed by atoms with van der Waals surface area (Å²) in [7, 11) is 1.85. The number of halogens is 1. The van der Waals surface area contributed by atoms with Crippen molar-refractivity contribution in [3.8, 4) is 0 Å². The second-order valence-electron chi connectivity index (χ2n) is 9.58. The zero-order chi connectivity index (χ0) is 23.6. The van der Waals surface area contributed by atoms with Crippen molar-refractivity contribution in [3.05, 3.63) is 35.4 Å². The second kappa shape index (κ2) is 14.7. The number of guanidine groups is 1. The van der Waals surface area contributed by atoms with Crippen LogP contribution in [0.4, 0.5) is 4.79 Å². The summed E-state index contributed by atoms with van der Waals surface area (Å²) >= 11 is 0. The molecule has 2 rings (SSSR count). The van der Waals surface area contributed by atoms with E-state index in [-0.39, 0.29) is 36.2 Å². The molecule has 1 aromatic rings. The van der Waals surface area contributed by atoms with E-state index >= 15 is 0 Å². The summed E-state index contributed by atoms with van der Waals surface area (Å²) in [6.45, 7) is 13.9. The average molecular weight is 575 g/mol. The number of amides is 1. The third kappa shape index (κ3) is 11.4. The average Bonchev–Trinajstić information content (AvgIpc) is 2.73. The lowest BCUT2D eigenvalue weighted by Crippen LogP contribution is -2.47. The molecule has 2 N–H and O–H groups in total. The van der Waals surface area contributed by atoms with E-state index in [2.05, 4.69) is 58.6 Å². The van der Waals surface area contributed by atoms with Crippen LogP contribution < -0.4 is 10.6 Å². The van der Waals surface area contributed by atoms with Crippen LogP contribution >= 0.6 is 24.0 Å². The number of rotatable bonds is 8. The van der Waals surface area contributed by atoms with Crippen molar-refractivity contribution in [2.45, 2.75) is 71.5 Å². The molecule has 0 aromatic heterocycles. The van der Waals surface area contributed by atoms with E-state index in [0.29, 0.717) is 19.1 Å². The quantitative estimate of drug-likeness (QED) is 0.204. The third-order valence-corrected chi connectivity index (χ3v) is 5.47. The number of likely N-dealkylation sites (tertiary alicyclic amines) is 1. The molecule has 1 saturated heterocycles. The fraction of sp³-hybridized carbons (Fsp3) is 0.680. The Hall–Kier alpha value is -1.55. The lowest BCUT2D eigenvalue weighted by atomic mass is 9.99. The predicted octanol–water partition coefficient (Wildman–Crippen LogP) is 4.69. The van der Waals surface area contributed by atoms with Gasteiger partial charge in [0, 0.05) is 39.8 Å². The molecule has 7 nitrogen and oxygen atoms in total. The highest BCUT2D eigenvalue weighted by Crippen LogP contribution is 2.17. The summed E-state index contributed by atoms with van der Waals surface area (Å²) in [5.41, 5.74) is 2.17. The van der Waals surface area contributed by atoms with E-state index in [1.807, 2.05) is 27.8 Å². The fourth-order valence-corrected chi connectivity index (χ4v) is 3.73. The first-order valence-electron chi connectivity index (χ1n) is 11.8. The zero-order valence-electron chi connectivity index (χ0n) is 21.1. The number of carbonyl (C=O) groups excluding carboxylic acids is 1. The molecule has 1 heterocycles. The minimum absolute atomic E-state index is 0. The van der Waals surface area contributed by atoms with Crippen molar-refractivity contribution >= 4 is 36.0 Å². The summed E-state index contributed by atoms with van der Waals surface area (Å²) in [6.07, 6.45) is 2.62. The van der Waals surface area contributed by atoms with Gasteiger partial charge in [-0.25, -0.2) is 4.79 Å². The van der Waals surface area contributed by atoms with Crippen LogP contribution in [0, 0.1) is 6.92 Å². The van der Waals surface area contributed by atoms with Gasteiger partial charge >= 0.3 is 6.09 Å². The number of piperidine rings is 1. The van der Waals surface area contributed by atoms with Crippen molar-refractivity contribution in [2.24, 2.45) is 4.99 Å². The van der Waals surface area contributed by atoms with Crippen LogP contribution in [0.15, 0.2) is 29.3 Å². The van der Waals surface area contributed by atoms with Crippen molar-refractivity contribution in [3.63, 3.8) is 0 Å². The highest BCUT2D eigenvalue weighted by Gasteiger charge is 2.22. The van der Waals surface area contributed by atoms with Gasteiger partial charge in [0.15, 0.2) is 5.96 Å². The molecule has 0 saturated carbocycles. The number of carbonyl (C=O) groups is 1. The minimum atomic E-state index is -0.470. The molecule has 1 aliphatic rings. The standard InChI is InChI=1S/C25H42N4O3.HI/c1-19-9-7-10-21(17-19)20(2)18-28-23(26-6)29-14-11-22(12-15-29)31-16-8-13-27-24(30)32-25(3,4)5;/h7,9-10,17,20,22H,8,11-16,18H2,1-6H3,(H,26,28)(H,27,30);1H. The van der Waals surface area contributed by atoms with Gasteiger partial charge in [0.2, 0.25) is 0 Å². The first kappa shape index (κ1) is 29.5. The van der Waals surface area contributed by atoms with Gasteiger partial charge in [-0.3, -0.25) is 4.99 Å². The molecule has 0 bridgehead atoms. The Morgan fingerprint density at radius 3 is 2.55 bits per heavy atom. The maximum absolute atomic E-state index is 11.6. The van der Waals surface area contributed by atoms with Crippen LogP contribution in [0.5, 0.6) is 0 Å². The molecule has 1 aromatic carbocycles. The number of aliphatic imine (C=N–C) groups is 1. The van der Waals surface area contributed by atoms with Crippen molar-refractivity contribution < 1.29 is 14.3 Å². The zero-order valence-corrected chi connectivity index (χ0v) is 23.5. The molecule has 0 aliphatic carbocycles. The molecular formula is C25H43IN4O3. The SMILES string of the molecule is CN=C(NCC(C)c1cccc(C)c1)N1CCC(OCCCNC(=O)OC(C)(C)C)CC1.I. The lowest BCUT2D eigenvalue weighted by molar-refractivity contribution is 0.0170. The summed E-state index contributed by atoms with van der Waals surface area (Å²) in [5.74, 6) is 1.38. The number of hydrogen-bond acceptors (Lipinski definition) is 4. The van der Waals surface area contributed by atoms with E-state index in [1.165, 1.54) is 11.1 Å². The highest BCUT2D eigenvalue weighted by atomic mass is 127. The Morgan fingerprint density at radius 1 is 1.24 bits per heavy atom. The van der Waals surface area contributed by atoms with Crippen molar-refractivity contribution in [1.29, 1.82) is 0 Å². The van der Waals surface area contributed by atoms with Crippen LogP contribution in [0.3, 0.4) is 0 Å². The Morgan fingerprint density at radius 2 is 1.94 bits per heavy atom. The van der Waals surface area contributed by atoms with Gasteiger partial charge in [0.25, 0.3) is 0 Å². The van der Waals surface area contributed by atoms with Crippen LogP contribution in [0.2, 0.25) is 0 Å². The lowest BCUT2D eigenvalue weighted by Gasteiger charge is -2.34. The molecule has 1 fully saturated rings. The van der Waals surface area contributed by atoms with Crippen LogP contribution in [-0.2, 0) is 9.47 Å². The summed E-state index contributed by atoms with van der Waals surface area (Å²) in [5, 5.41) is 6.31. The molecule has 1 unspecified atom stereocenters. The molecule has 188 valence electrons. The maximum Gasteiger partial charge on any atom is 0.407 e. The van der Waals surface area contributed by atoms with Crippen LogP contribution in [-0.4, -0.2) is 68.5 Å². The van der Waals surface area contributed by atoms with Gasteiger partial charge in [-0.1, -0.05) is 36.8 Å². The fourth-order valence-electron chi connectivity index (χ4n) is 3.73. The highest BCUT2D eigenvalue weighted by molar-refractivity contribution is 14.0. The Kier molecular flexibility index (Phi) is 13.1. The minimum Gasteiger partial charge on any atom is -0.444 e. The molecule has 1 aliphatic heterocycles. The third-order valence-electron chi connectivity index (χ3n) is 5.47. The normalized spacial score (nSPS) is 16.1. The Labute approximate surface area is 217 Å². The van der Waals surface area contributed by atoms with E-state index < -0.39 is 5.60 Å². The van der Waals surface area contributed by atoms with Gasteiger partial charge in [-0.05, 0) is 58.4 Å². The van der Waals surface area contributed by atoms with Crippen LogP contribution in [0.25, 0.3) is 0 Å². The number of nitrogens with one attached hydrogen (secondary N) is 2. The maximum atomic E-state index is 11.6. The predicted molar refractivity (Wildman–Crippen MR) is 146 cm³/mol. The Balaban J connectivity index is 0.00000544. The topological polar surface area (TPSA) is 75.2 Å². The molecular weight excluding hydrogens is 531 g/mol. The number of hydrogen-bond donors (Lipinski definition) is 2. The number of benzene rings is 1. The van der Waals surface area contributed by atoms with Gasteiger partial charge in [-0.2, -0.15) is 0 Å². The summed E-state index contributed by atoms with van der Waals surface area (Å²) in [4.78, 5) is 18.4. The Bertz CT molecular complexity index is 743. The smallest absolute Gasteiger partial charge is 0.407 e. The monoisotopic (exact) mass is 574 g/mol. The summed E-state index contributed by atoms with van der Waals surface area (Å²) < 4.78 is 11.2. The number of ether oxygens (including phenoxy) is 2. The van der Waals surface area contributed by atoms with Gasteiger partial charge in [-0.15, -0.1) is 24.0 Å². The molecule has 8 heteroatoms. The van der Waals surface area contributed by atoms with Gasteiger partial charge in [0.05, 0.1) is 6.10 Å². The van der Waals surface area contributed by atoms with E-state index in [1.54, 1.807) is 0 Å². The molecule has 33 heavy (non-hydrogen) atoms. The van der Waals surface area contributed by atoms with Gasteiger partial charge < -0.3 is 25.0 Å². The van der Waals surface area contributed by atoms with Crippen molar-refractivity contribution in [2.75, 3.05) is 39.8 Å². The summed E-state index contributed by atoms with van der Waals surface area (Å²) in [6, 6.07) is 8.69. The molecule has 0 spiro atoms. The second-order valence-corrected chi connectivity index (χ2v) is 9.58. The molecule has 1 amide bonds. The first-order chi connectivity index (χ1) is 15.2. The number of alkyl carbamates (subject to hydrolysis) is 1. The van der Waals surface area contributed by atoms with E-state index in [4.69, 9.17) is 9.47 Å². The van der Waals surface area contributed by atoms with E-state index in [0.717, 1.165) is 44.9 Å². The number of nitrogens with zero attached hydrogens (tertiary/aromatic N) is 2. The van der Waals surface area contributed by atoms with E-state index in [9.17, 15) is 4.79 Å². The van der Waals surface area contributed by atoms with Crippen molar-refractivity contribution in [1.82, 2.24) is 15.5 Å². The molecule has 0 radical (unpaired) electrons. The number of aryl methyl sites for hydroxylation is 1. The molecule has 1 atom stereocenters. The largest absolute Gasteiger partial charge is 0.444 e. The van der Waals surface area contributed by atoms with Crippen LogP contribution in [0.1, 0.15) is 64.0 Å². The van der Waals surface area contributed by atoms with Gasteiger partial charge in [0.1, 0.15) is 5.60 Å².